The zero-order valence-electron chi connectivity index (χ0n) is 12.0. The Morgan fingerprint density at radius 3 is 2.85 bits per heavy atom. The van der Waals surface area contributed by atoms with Gasteiger partial charge in [0.2, 0.25) is 0 Å². The molecule has 0 saturated carbocycles. The Bertz CT molecular complexity index is 596. The molecule has 4 nitrogen and oxygen atoms in total. The van der Waals surface area contributed by atoms with Gasteiger partial charge in [0.15, 0.2) is 0 Å². The van der Waals surface area contributed by atoms with E-state index in [-0.39, 0.29) is 6.04 Å². The van der Waals surface area contributed by atoms with Gasteiger partial charge in [-0.15, -0.1) is 0 Å². The number of aliphatic hydroxyl groups is 1. The molecule has 2 aromatic rings. The Kier molecular flexibility index (Phi) is 3.70. The number of likely N-dealkylation sites (N-methyl/N-ethyl adjacent to an activating group) is 2. The van der Waals surface area contributed by atoms with Crippen molar-refractivity contribution in [1.82, 2.24) is 14.8 Å². The number of hydrogen-bond acceptors (Lipinski definition) is 4. The summed E-state index contributed by atoms with van der Waals surface area (Å²) in [6.07, 6.45) is 3.14. The lowest BCUT2D eigenvalue weighted by molar-refractivity contribution is 0.0144. The predicted octanol–water partition coefficient (Wildman–Crippen LogP) is 1.51. The second kappa shape index (κ2) is 5.48. The maximum absolute atomic E-state index is 10.8. The monoisotopic (exact) mass is 271 g/mol. The van der Waals surface area contributed by atoms with E-state index in [4.69, 9.17) is 0 Å². The number of nitrogens with zero attached hydrogens (tertiary/aromatic N) is 3. The molecular weight excluding hydrogens is 250 g/mol. The molecule has 4 heteroatoms. The fraction of sp³-hybridized carbons (Fsp3) is 0.438. The van der Waals surface area contributed by atoms with Crippen LogP contribution in [0.1, 0.15) is 11.7 Å². The smallest absolute Gasteiger partial charge is 0.0978 e. The van der Waals surface area contributed by atoms with Crippen molar-refractivity contribution in [3.8, 4) is 0 Å². The van der Waals surface area contributed by atoms with Gasteiger partial charge in [0, 0.05) is 43.0 Å². The lowest BCUT2D eigenvalue weighted by Gasteiger charge is -2.40. The molecule has 0 aliphatic carbocycles. The zero-order chi connectivity index (χ0) is 14.1. The quantitative estimate of drug-likeness (QED) is 0.899. The average molecular weight is 271 g/mol. The minimum absolute atomic E-state index is 0.112. The Labute approximate surface area is 119 Å². The summed E-state index contributed by atoms with van der Waals surface area (Å²) < 4.78 is 0. The minimum atomic E-state index is -0.513. The molecule has 1 N–H and O–H groups in total. The van der Waals surface area contributed by atoms with E-state index >= 15 is 0 Å². The van der Waals surface area contributed by atoms with Crippen LogP contribution in [-0.4, -0.2) is 59.7 Å². The summed E-state index contributed by atoms with van der Waals surface area (Å²) in [7, 11) is 4.19. The van der Waals surface area contributed by atoms with Gasteiger partial charge in [-0.25, -0.2) is 0 Å². The molecule has 3 rings (SSSR count). The van der Waals surface area contributed by atoms with Crippen LogP contribution in [0.5, 0.6) is 0 Å². The highest BCUT2D eigenvalue weighted by molar-refractivity contribution is 5.85. The van der Waals surface area contributed by atoms with Crippen molar-refractivity contribution in [3.63, 3.8) is 0 Å². The van der Waals surface area contributed by atoms with E-state index in [1.807, 2.05) is 24.4 Å². The molecule has 20 heavy (non-hydrogen) atoms. The van der Waals surface area contributed by atoms with Crippen LogP contribution in [0.4, 0.5) is 0 Å². The molecule has 0 spiro atoms. The topological polar surface area (TPSA) is 39.6 Å². The molecule has 2 unspecified atom stereocenters. The molecule has 1 aromatic carbocycles. The first-order chi connectivity index (χ1) is 9.66. The summed E-state index contributed by atoms with van der Waals surface area (Å²) in [5, 5.41) is 13.0. The number of aliphatic hydroxyl groups excluding tert-OH is 1. The van der Waals surface area contributed by atoms with Gasteiger partial charge in [0.1, 0.15) is 0 Å². The number of hydrogen-bond donors (Lipinski definition) is 1. The Balaban J connectivity index is 1.97. The van der Waals surface area contributed by atoms with Gasteiger partial charge in [0.05, 0.1) is 12.1 Å². The summed E-state index contributed by atoms with van der Waals surface area (Å²) >= 11 is 0. The van der Waals surface area contributed by atoms with Gasteiger partial charge in [0.25, 0.3) is 0 Å². The summed E-state index contributed by atoms with van der Waals surface area (Å²) in [6, 6.07) is 8.22. The Morgan fingerprint density at radius 1 is 1.20 bits per heavy atom. The van der Waals surface area contributed by atoms with Gasteiger partial charge >= 0.3 is 0 Å². The van der Waals surface area contributed by atoms with Crippen LogP contribution in [0, 0.1) is 0 Å². The van der Waals surface area contributed by atoms with Gasteiger partial charge < -0.3 is 10.0 Å². The standard InChI is InChI=1S/C16H21N3O/c1-18-7-8-19(2)15(11-18)16(20)14-10-17-9-12-5-3-4-6-13(12)14/h3-6,9-10,15-16,20H,7-8,11H2,1-2H3. The van der Waals surface area contributed by atoms with Crippen molar-refractivity contribution >= 4 is 10.8 Å². The van der Waals surface area contributed by atoms with Crippen LogP contribution in [0.15, 0.2) is 36.7 Å². The van der Waals surface area contributed by atoms with E-state index in [1.165, 1.54) is 0 Å². The van der Waals surface area contributed by atoms with Crippen LogP contribution in [0.25, 0.3) is 10.8 Å². The van der Waals surface area contributed by atoms with Crippen LogP contribution < -0.4 is 0 Å². The van der Waals surface area contributed by atoms with E-state index in [0.29, 0.717) is 0 Å². The van der Waals surface area contributed by atoms with Gasteiger partial charge in [-0.05, 0) is 19.5 Å². The summed E-state index contributed by atoms with van der Waals surface area (Å²) in [5.74, 6) is 0. The van der Waals surface area contributed by atoms with Crippen molar-refractivity contribution in [3.05, 3.63) is 42.2 Å². The third kappa shape index (κ3) is 2.42. The molecule has 1 fully saturated rings. The lowest BCUT2D eigenvalue weighted by atomic mass is 9.96. The van der Waals surface area contributed by atoms with Crippen molar-refractivity contribution in [2.24, 2.45) is 0 Å². The van der Waals surface area contributed by atoms with Crippen molar-refractivity contribution in [2.45, 2.75) is 12.1 Å². The molecule has 2 atom stereocenters. The number of benzene rings is 1. The summed E-state index contributed by atoms with van der Waals surface area (Å²) in [6.45, 7) is 2.91. The lowest BCUT2D eigenvalue weighted by Crippen LogP contribution is -2.52. The Morgan fingerprint density at radius 2 is 2.00 bits per heavy atom. The van der Waals surface area contributed by atoms with Crippen LogP contribution in [0.3, 0.4) is 0 Å². The normalized spacial score (nSPS) is 23.1. The van der Waals surface area contributed by atoms with Crippen molar-refractivity contribution < 1.29 is 5.11 Å². The molecule has 106 valence electrons. The summed E-state index contributed by atoms with van der Waals surface area (Å²) in [4.78, 5) is 8.79. The summed E-state index contributed by atoms with van der Waals surface area (Å²) in [5.41, 5.74) is 0.926. The third-order valence-electron chi connectivity index (χ3n) is 4.28. The fourth-order valence-electron chi connectivity index (χ4n) is 2.97. The number of aromatic nitrogens is 1. The van der Waals surface area contributed by atoms with E-state index in [9.17, 15) is 5.11 Å². The number of pyridine rings is 1. The van der Waals surface area contributed by atoms with Crippen molar-refractivity contribution in [1.29, 1.82) is 0 Å². The van der Waals surface area contributed by atoms with E-state index < -0.39 is 6.10 Å². The molecule has 0 radical (unpaired) electrons. The van der Waals surface area contributed by atoms with Gasteiger partial charge in [-0.2, -0.15) is 0 Å². The van der Waals surface area contributed by atoms with Crippen LogP contribution in [-0.2, 0) is 0 Å². The molecule has 1 aromatic heterocycles. The fourth-order valence-corrected chi connectivity index (χ4v) is 2.97. The second-order valence-corrected chi connectivity index (χ2v) is 5.70. The molecule has 1 aliphatic heterocycles. The predicted molar refractivity (Wildman–Crippen MR) is 80.6 cm³/mol. The second-order valence-electron chi connectivity index (χ2n) is 5.70. The van der Waals surface area contributed by atoms with Crippen LogP contribution in [0.2, 0.25) is 0 Å². The van der Waals surface area contributed by atoms with E-state index in [2.05, 4.69) is 34.9 Å². The minimum Gasteiger partial charge on any atom is -0.387 e. The molecule has 1 aliphatic rings. The third-order valence-corrected chi connectivity index (χ3v) is 4.28. The molecule has 0 bridgehead atoms. The first kappa shape index (κ1) is 13.5. The number of fused-ring (bicyclic) bond motifs is 1. The highest BCUT2D eigenvalue weighted by Crippen LogP contribution is 2.28. The highest BCUT2D eigenvalue weighted by Gasteiger charge is 2.30. The Hall–Kier alpha value is -1.49. The maximum atomic E-state index is 10.8. The first-order valence-electron chi connectivity index (χ1n) is 7.06. The molecule has 2 heterocycles. The molecular formula is C16H21N3O. The molecule has 0 amide bonds. The largest absolute Gasteiger partial charge is 0.387 e. The number of rotatable bonds is 2. The number of piperazine rings is 1. The van der Waals surface area contributed by atoms with E-state index in [0.717, 1.165) is 36.0 Å². The van der Waals surface area contributed by atoms with E-state index in [1.54, 1.807) is 6.20 Å². The average Bonchev–Trinajstić information content (AvgIpc) is 2.48. The van der Waals surface area contributed by atoms with Gasteiger partial charge in [-0.1, -0.05) is 24.3 Å². The molecule has 1 saturated heterocycles. The first-order valence-corrected chi connectivity index (χ1v) is 7.06. The zero-order valence-corrected chi connectivity index (χ0v) is 12.0. The van der Waals surface area contributed by atoms with Crippen molar-refractivity contribution in [2.75, 3.05) is 33.7 Å². The highest BCUT2D eigenvalue weighted by atomic mass is 16.3. The SMILES string of the molecule is CN1CCN(C)C(C(O)c2cncc3ccccc23)C1. The maximum Gasteiger partial charge on any atom is 0.0978 e. The van der Waals surface area contributed by atoms with Crippen LogP contribution >= 0.6 is 0 Å². The van der Waals surface area contributed by atoms with Gasteiger partial charge in [-0.3, -0.25) is 9.88 Å².